The van der Waals surface area contributed by atoms with Crippen LogP contribution < -0.4 is 4.57 Å². The maximum atomic E-state index is 6.66. The number of nitrogens with zero attached hydrogens (tertiary/aromatic N) is 2. The first-order valence-electron chi connectivity index (χ1n) is 10.1. The van der Waals surface area contributed by atoms with Crippen LogP contribution in [0.15, 0.2) is 40.9 Å². The number of fused-ring (bicyclic) bond motifs is 3. The van der Waals surface area contributed by atoms with Crippen molar-refractivity contribution in [2.75, 3.05) is 0 Å². The molecule has 3 aromatic heterocycles. The normalized spacial score (nSPS) is 12.4. The number of aromatic nitrogens is 2. The Labute approximate surface area is 165 Å². The van der Waals surface area contributed by atoms with Gasteiger partial charge in [-0.2, -0.15) is 4.57 Å². The lowest BCUT2D eigenvalue weighted by molar-refractivity contribution is -0.642. The van der Waals surface area contributed by atoms with E-state index < -0.39 is 0 Å². The third-order valence-electron chi connectivity index (χ3n) is 6.23. The summed E-state index contributed by atoms with van der Waals surface area (Å²) in [6, 6.07) is 10.9. The molecule has 5 rings (SSSR count). The molecule has 5 aromatic rings. The van der Waals surface area contributed by atoms with E-state index in [4.69, 9.17) is 4.42 Å². The topological polar surface area (TPSA) is 21.9 Å². The molecule has 0 spiro atoms. The standard InChI is InChI=1S/C25H27N2O/c1-14(2)12-18-23-19(10-11-26(23)5)27(6)24-21-16(4)15(3)13-17-8-7-9-20(22(17)21)28-25(18)24/h7-11,13-14H,12H2,1-6H3/q+1. The molecule has 0 amide bonds. The molecule has 0 aliphatic rings. The second-order valence-electron chi connectivity index (χ2n) is 8.62. The summed E-state index contributed by atoms with van der Waals surface area (Å²) in [5.74, 6) is 0.550. The van der Waals surface area contributed by atoms with Crippen LogP contribution in [0.25, 0.3) is 43.9 Å². The Bertz CT molecular complexity index is 1400. The van der Waals surface area contributed by atoms with Crippen molar-refractivity contribution in [2.45, 2.75) is 34.1 Å². The van der Waals surface area contributed by atoms with E-state index in [9.17, 15) is 0 Å². The van der Waals surface area contributed by atoms with E-state index >= 15 is 0 Å². The van der Waals surface area contributed by atoms with Crippen molar-refractivity contribution < 1.29 is 8.98 Å². The average molecular weight is 372 g/mol. The maximum Gasteiger partial charge on any atom is 0.236 e. The first kappa shape index (κ1) is 17.3. The molecule has 0 aliphatic heterocycles. The van der Waals surface area contributed by atoms with Gasteiger partial charge >= 0.3 is 0 Å². The Balaban J connectivity index is 2.16. The molecular weight excluding hydrogens is 344 g/mol. The Morgan fingerprint density at radius 3 is 2.64 bits per heavy atom. The third kappa shape index (κ3) is 2.19. The van der Waals surface area contributed by atoms with E-state index in [-0.39, 0.29) is 0 Å². The Kier molecular flexibility index (Phi) is 3.61. The fourth-order valence-corrected chi connectivity index (χ4v) is 4.82. The van der Waals surface area contributed by atoms with Gasteiger partial charge in [0.25, 0.3) is 0 Å². The van der Waals surface area contributed by atoms with Crippen LogP contribution in [0.3, 0.4) is 0 Å². The van der Waals surface area contributed by atoms with Crippen molar-refractivity contribution in [2.24, 2.45) is 20.0 Å². The molecule has 28 heavy (non-hydrogen) atoms. The number of benzene rings is 2. The molecule has 0 saturated heterocycles. The third-order valence-corrected chi connectivity index (χ3v) is 6.23. The van der Waals surface area contributed by atoms with Gasteiger partial charge in [-0.25, -0.2) is 0 Å². The van der Waals surface area contributed by atoms with Crippen molar-refractivity contribution in [1.82, 2.24) is 4.57 Å². The first-order chi connectivity index (χ1) is 13.4. The Morgan fingerprint density at radius 1 is 1.11 bits per heavy atom. The maximum absolute atomic E-state index is 6.66. The monoisotopic (exact) mass is 371 g/mol. The molecule has 2 aromatic carbocycles. The van der Waals surface area contributed by atoms with Crippen molar-refractivity contribution in [3.05, 3.63) is 53.2 Å². The first-order valence-corrected chi connectivity index (χ1v) is 10.1. The molecule has 142 valence electrons. The number of pyridine rings is 1. The highest BCUT2D eigenvalue weighted by molar-refractivity contribution is 6.19. The smallest absolute Gasteiger partial charge is 0.236 e. The minimum Gasteiger partial charge on any atom is -0.454 e. The summed E-state index contributed by atoms with van der Waals surface area (Å²) < 4.78 is 11.2. The van der Waals surface area contributed by atoms with Gasteiger partial charge in [0.1, 0.15) is 18.1 Å². The van der Waals surface area contributed by atoms with Gasteiger partial charge in [0, 0.05) is 23.9 Å². The Morgan fingerprint density at radius 2 is 1.89 bits per heavy atom. The van der Waals surface area contributed by atoms with Crippen LogP contribution in [0.1, 0.15) is 30.5 Å². The molecule has 0 saturated carbocycles. The van der Waals surface area contributed by atoms with Crippen molar-refractivity contribution in [3.8, 4) is 0 Å². The van der Waals surface area contributed by atoms with Crippen LogP contribution in [0.4, 0.5) is 0 Å². The second kappa shape index (κ2) is 5.84. The zero-order valence-corrected chi connectivity index (χ0v) is 17.6. The van der Waals surface area contributed by atoms with Gasteiger partial charge in [-0.05, 0) is 48.8 Å². The molecule has 0 bridgehead atoms. The van der Waals surface area contributed by atoms with E-state index in [1.54, 1.807) is 0 Å². The van der Waals surface area contributed by atoms with E-state index in [1.165, 1.54) is 49.4 Å². The average Bonchev–Trinajstić information content (AvgIpc) is 3.04. The lowest BCUT2D eigenvalue weighted by atomic mass is 9.94. The number of aryl methyl sites for hydroxylation is 4. The minimum atomic E-state index is 0.550. The number of rotatable bonds is 2. The number of hydrogen-bond donors (Lipinski definition) is 0. The summed E-state index contributed by atoms with van der Waals surface area (Å²) in [7, 11) is 4.30. The van der Waals surface area contributed by atoms with Crippen LogP contribution >= 0.6 is 0 Å². The molecule has 3 heterocycles. The summed E-state index contributed by atoms with van der Waals surface area (Å²) in [5, 5.41) is 3.81. The SMILES string of the molecule is Cc1cc2cccc3oc4c(CC(C)C)c5c(cc[n+]5C)n(C)c4c(c1C)c23. The highest BCUT2D eigenvalue weighted by Gasteiger charge is 2.25. The molecule has 0 unspecified atom stereocenters. The molecule has 0 N–H and O–H groups in total. The molecule has 0 atom stereocenters. The highest BCUT2D eigenvalue weighted by atomic mass is 16.3. The second-order valence-corrected chi connectivity index (χ2v) is 8.62. The molecule has 3 nitrogen and oxygen atoms in total. The zero-order chi connectivity index (χ0) is 19.7. The minimum absolute atomic E-state index is 0.550. The highest BCUT2D eigenvalue weighted by Crippen LogP contribution is 2.40. The van der Waals surface area contributed by atoms with Gasteiger partial charge in [0.2, 0.25) is 5.52 Å². The lowest BCUT2D eigenvalue weighted by Gasteiger charge is -2.18. The van der Waals surface area contributed by atoms with E-state index in [0.717, 1.165) is 17.6 Å². The fraction of sp³-hybridized carbons (Fsp3) is 0.320. The lowest BCUT2D eigenvalue weighted by Crippen LogP contribution is -2.27. The molecule has 0 aliphatic carbocycles. The van der Waals surface area contributed by atoms with Crippen LogP contribution in [-0.2, 0) is 20.5 Å². The largest absolute Gasteiger partial charge is 0.454 e. The predicted molar refractivity (Wildman–Crippen MR) is 117 cm³/mol. The van der Waals surface area contributed by atoms with Crippen molar-refractivity contribution >= 4 is 43.9 Å². The Hall–Kier alpha value is -2.81. The summed E-state index contributed by atoms with van der Waals surface area (Å²) in [4.78, 5) is 0. The summed E-state index contributed by atoms with van der Waals surface area (Å²) in [6.45, 7) is 9.01. The van der Waals surface area contributed by atoms with Crippen LogP contribution in [0.2, 0.25) is 0 Å². The zero-order valence-electron chi connectivity index (χ0n) is 17.6. The van der Waals surface area contributed by atoms with E-state index in [0.29, 0.717) is 5.92 Å². The van der Waals surface area contributed by atoms with Gasteiger partial charge in [-0.15, -0.1) is 0 Å². The van der Waals surface area contributed by atoms with Gasteiger partial charge in [-0.3, -0.25) is 0 Å². The van der Waals surface area contributed by atoms with Gasteiger partial charge in [-0.1, -0.05) is 32.0 Å². The van der Waals surface area contributed by atoms with E-state index in [1.807, 2.05) is 0 Å². The van der Waals surface area contributed by atoms with Gasteiger partial charge in [0.15, 0.2) is 11.8 Å². The van der Waals surface area contributed by atoms with Gasteiger partial charge in [0.05, 0.1) is 11.1 Å². The van der Waals surface area contributed by atoms with Crippen LogP contribution in [0, 0.1) is 19.8 Å². The molecule has 3 heteroatoms. The predicted octanol–water partition coefficient (Wildman–Crippen LogP) is 5.87. The summed E-state index contributed by atoms with van der Waals surface area (Å²) in [6.07, 6.45) is 3.15. The summed E-state index contributed by atoms with van der Waals surface area (Å²) >= 11 is 0. The van der Waals surface area contributed by atoms with Gasteiger partial charge < -0.3 is 8.98 Å². The van der Waals surface area contributed by atoms with Crippen molar-refractivity contribution in [1.29, 1.82) is 0 Å². The summed E-state index contributed by atoms with van der Waals surface area (Å²) in [5.41, 5.74) is 9.72. The van der Waals surface area contributed by atoms with Crippen LogP contribution in [-0.4, -0.2) is 4.57 Å². The molecule has 0 fully saturated rings. The van der Waals surface area contributed by atoms with Crippen LogP contribution in [0.5, 0.6) is 0 Å². The molecule has 0 radical (unpaired) electrons. The fourth-order valence-electron chi connectivity index (χ4n) is 4.82. The van der Waals surface area contributed by atoms with Crippen molar-refractivity contribution in [3.63, 3.8) is 0 Å². The molecular formula is C25H27N2O+. The van der Waals surface area contributed by atoms with E-state index in [2.05, 4.69) is 87.5 Å². The number of hydrogen-bond acceptors (Lipinski definition) is 1. The quantitative estimate of drug-likeness (QED) is 0.216.